The lowest BCUT2D eigenvalue weighted by atomic mass is 10.1. The number of rotatable bonds is 4. The van der Waals surface area contributed by atoms with E-state index in [0.29, 0.717) is 0 Å². The van der Waals surface area contributed by atoms with Gasteiger partial charge in [0.15, 0.2) is 0 Å². The molecule has 0 atom stereocenters. The summed E-state index contributed by atoms with van der Waals surface area (Å²) in [5.41, 5.74) is 3.17. The summed E-state index contributed by atoms with van der Waals surface area (Å²) in [7, 11) is 3.99. The molecule has 1 N–H and O–H groups in total. The average molecular weight is 264 g/mol. The highest BCUT2D eigenvalue weighted by Crippen LogP contribution is 2.30. The van der Waals surface area contributed by atoms with Gasteiger partial charge in [0.2, 0.25) is 0 Å². The zero-order valence-corrected chi connectivity index (χ0v) is 11.8. The Bertz CT molecular complexity index is 546. The van der Waals surface area contributed by atoms with E-state index in [0.717, 1.165) is 40.8 Å². The van der Waals surface area contributed by atoms with Crippen LogP contribution in [0.5, 0.6) is 0 Å². The molecule has 0 aliphatic rings. The molecule has 2 rings (SSSR count). The fourth-order valence-corrected chi connectivity index (χ4v) is 2.41. The van der Waals surface area contributed by atoms with Crippen LogP contribution in [0.25, 0.3) is 11.3 Å². The third-order valence-electron chi connectivity index (χ3n) is 3.09. The summed E-state index contributed by atoms with van der Waals surface area (Å²) in [4.78, 5) is 4.63. The maximum Gasteiger partial charge on any atom is 0.110 e. The molecule has 0 unspecified atom stereocenters. The first-order chi connectivity index (χ1) is 8.65. The minimum atomic E-state index is 0.767. The van der Waals surface area contributed by atoms with E-state index in [9.17, 15) is 0 Å². The van der Waals surface area contributed by atoms with Gasteiger partial charge in [-0.05, 0) is 20.0 Å². The number of hydrogen-bond acceptors (Lipinski definition) is 2. The predicted octanol–water partition coefficient (Wildman–Crippen LogP) is 2.81. The van der Waals surface area contributed by atoms with Crippen molar-refractivity contribution in [1.82, 2.24) is 14.9 Å². The van der Waals surface area contributed by atoms with Gasteiger partial charge in [-0.2, -0.15) is 0 Å². The minimum Gasteiger partial charge on any atom is -0.331 e. The highest BCUT2D eigenvalue weighted by atomic mass is 35.5. The predicted molar refractivity (Wildman–Crippen MR) is 76.0 cm³/mol. The number of aromatic nitrogens is 2. The molecule has 0 saturated carbocycles. The second kappa shape index (κ2) is 5.55. The molecule has 0 aliphatic carbocycles. The zero-order valence-electron chi connectivity index (χ0n) is 11.0. The molecule has 0 saturated heterocycles. The van der Waals surface area contributed by atoms with Crippen LogP contribution in [0.4, 0.5) is 0 Å². The molecule has 1 aromatic heterocycles. The van der Waals surface area contributed by atoms with Crippen molar-refractivity contribution < 1.29 is 0 Å². The van der Waals surface area contributed by atoms with Gasteiger partial charge in [-0.1, -0.05) is 29.8 Å². The third kappa shape index (κ3) is 2.42. The molecule has 0 aliphatic heterocycles. The molecule has 0 radical (unpaired) electrons. The Balaban J connectivity index is 2.46. The van der Waals surface area contributed by atoms with E-state index < -0.39 is 0 Å². The maximum absolute atomic E-state index is 6.26. The Hall–Kier alpha value is -1.32. The van der Waals surface area contributed by atoms with E-state index in [2.05, 4.69) is 14.9 Å². The molecular weight excluding hydrogens is 246 g/mol. The lowest BCUT2D eigenvalue weighted by Crippen LogP contribution is -2.13. The van der Waals surface area contributed by atoms with Crippen molar-refractivity contribution >= 4 is 11.6 Å². The lowest BCUT2D eigenvalue weighted by molar-refractivity contribution is 0.720. The van der Waals surface area contributed by atoms with Crippen LogP contribution in [-0.2, 0) is 13.5 Å². The van der Waals surface area contributed by atoms with Crippen molar-refractivity contribution in [2.24, 2.45) is 7.05 Å². The quantitative estimate of drug-likeness (QED) is 0.919. The molecular formula is C14H18ClN3. The molecule has 3 nitrogen and oxygen atoms in total. The highest BCUT2D eigenvalue weighted by Gasteiger charge is 2.14. The van der Waals surface area contributed by atoms with Crippen LogP contribution in [0.2, 0.25) is 5.02 Å². The zero-order chi connectivity index (χ0) is 13.1. The highest BCUT2D eigenvalue weighted by molar-refractivity contribution is 6.33. The molecule has 0 fully saturated rings. The van der Waals surface area contributed by atoms with Gasteiger partial charge in [0.05, 0.1) is 11.4 Å². The Labute approximate surface area is 113 Å². The van der Waals surface area contributed by atoms with Crippen LogP contribution in [0.15, 0.2) is 24.3 Å². The van der Waals surface area contributed by atoms with Gasteiger partial charge in [0.25, 0.3) is 0 Å². The Morgan fingerprint density at radius 2 is 2.06 bits per heavy atom. The molecule has 96 valence electrons. The van der Waals surface area contributed by atoms with Gasteiger partial charge in [0, 0.05) is 30.6 Å². The van der Waals surface area contributed by atoms with Gasteiger partial charge >= 0.3 is 0 Å². The summed E-state index contributed by atoms with van der Waals surface area (Å²) >= 11 is 6.26. The van der Waals surface area contributed by atoms with E-state index in [1.54, 1.807) is 0 Å². The molecule has 1 aromatic carbocycles. The number of benzene rings is 1. The van der Waals surface area contributed by atoms with Gasteiger partial charge in [0.1, 0.15) is 5.82 Å². The van der Waals surface area contributed by atoms with Gasteiger partial charge in [-0.3, -0.25) is 0 Å². The second-order valence-electron chi connectivity index (χ2n) is 4.35. The topological polar surface area (TPSA) is 29.9 Å². The summed E-state index contributed by atoms with van der Waals surface area (Å²) in [6.07, 6.45) is 0.915. The first-order valence-electron chi connectivity index (χ1n) is 6.07. The first-order valence-corrected chi connectivity index (χ1v) is 6.44. The Morgan fingerprint density at radius 1 is 1.33 bits per heavy atom. The molecule has 0 bridgehead atoms. The average Bonchev–Trinajstić information content (AvgIpc) is 2.63. The fourth-order valence-electron chi connectivity index (χ4n) is 2.18. The van der Waals surface area contributed by atoms with Crippen molar-refractivity contribution in [2.45, 2.75) is 13.3 Å². The summed E-state index contributed by atoms with van der Waals surface area (Å²) in [5, 5.41) is 3.91. The molecule has 0 amide bonds. The van der Waals surface area contributed by atoms with Gasteiger partial charge < -0.3 is 9.88 Å². The number of nitrogens with one attached hydrogen (secondary N) is 1. The SMILES string of the molecule is CNCCc1nc(C)c(-c2ccccc2Cl)n1C. The number of nitrogens with zero attached hydrogens (tertiary/aromatic N) is 2. The summed E-state index contributed by atoms with van der Waals surface area (Å²) in [5.74, 6) is 1.08. The molecule has 18 heavy (non-hydrogen) atoms. The number of imidazole rings is 1. The van der Waals surface area contributed by atoms with E-state index in [-0.39, 0.29) is 0 Å². The Kier molecular flexibility index (Phi) is 4.04. The number of hydrogen-bond donors (Lipinski definition) is 1. The fraction of sp³-hybridized carbons (Fsp3) is 0.357. The van der Waals surface area contributed by atoms with Gasteiger partial charge in [-0.25, -0.2) is 4.98 Å². The first kappa shape index (κ1) is 13.1. The smallest absolute Gasteiger partial charge is 0.110 e. The molecule has 2 aromatic rings. The lowest BCUT2D eigenvalue weighted by Gasteiger charge is -2.08. The van der Waals surface area contributed by atoms with Crippen molar-refractivity contribution in [2.75, 3.05) is 13.6 Å². The summed E-state index contributed by atoms with van der Waals surface area (Å²) in [6.45, 7) is 2.95. The van der Waals surface area contributed by atoms with Crippen LogP contribution < -0.4 is 5.32 Å². The molecule has 1 heterocycles. The van der Waals surface area contributed by atoms with E-state index in [1.165, 1.54) is 0 Å². The number of likely N-dealkylation sites (N-methyl/N-ethyl adjacent to an activating group) is 1. The van der Waals surface area contributed by atoms with Crippen LogP contribution in [-0.4, -0.2) is 23.1 Å². The molecule has 4 heteroatoms. The molecule has 0 spiro atoms. The van der Waals surface area contributed by atoms with Gasteiger partial charge in [-0.15, -0.1) is 0 Å². The normalized spacial score (nSPS) is 10.9. The van der Waals surface area contributed by atoms with E-state index >= 15 is 0 Å². The Morgan fingerprint density at radius 3 is 2.72 bits per heavy atom. The largest absolute Gasteiger partial charge is 0.331 e. The van der Waals surface area contributed by atoms with Crippen LogP contribution >= 0.6 is 11.6 Å². The third-order valence-corrected chi connectivity index (χ3v) is 3.42. The minimum absolute atomic E-state index is 0.767. The summed E-state index contributed by atoms with van der Waals surface area (Å²) in [6, 6.07) is 7.89. The standard InChI is InChI=1S/C14H18ClN3/c1-10-14(11-6-4-5-7-12(11)15)18(3)13(17-10)8-9-16-2/h4-7,16H,8-9H2,1-3H3. The van der Waals surface area contributed by atoms with Crippen molar-refractivity contribution in [1.29, 1.82) is 0 Å². The van der Waals surface area contributed by atoms with Crippen LogP contribution in [0, 0.1) is 6.92 Å². The van der Waals surface area contributed by atoms with E-state index in [4.69, 9.17) is 11.6 Å². The number of halogens is 1. The van der Waals surface area contributed by atoms with Crippen LogP contribution in [0.3, 0.4) is 0 Å². The maximum atomic E-state index is 6.26. The van der Waals surface area contributed by atoms with Crippen molar-refractivity contribution in [3.05, 3.63) is 40.8 Å². The second-order valence-corrected chi connectivity index (χ2v) is 4.76. The monoisotopic (exact) mass is 263 g/mol. The summed E-state index contributed by atoms with van der Waals surface area (Å²) < 4.78 is 2.13. The number of aryl methyl sites for hydroxylation is 1. The van der Waals surface area contributed by atoms with E-state index in [1.807, 2.05) is 45.3 Å². The van der Waals surface area contributed by atoms with Crippen LogP contribution in [0.1, 0.15) is 11.5 Å². The van der Waals surface area contributed by atoms with Crippen molar-refractivity contribution in [3.8, 4) is 11.3 Å². The van der Waals surface area contributed by atoms with Crippen molar-refractivity contribution in [3.63, 3.8) is 0 Å².